The number of methoxy groups -OCH3 is 1. The van der Waals surface area contributed by atoms with Gasteiger partial charge in [0.15, 0.2) is 11.0 Å². The van der Waals surface area contributed by atoms with Gasteiger partial charge in [-0.25, -0.2) is 0 Å². The first kappa shape index (κ1) is 20.7. The number of aromatic nitrogens is 3. The lowest BCUT2D eigenvalue weighted by atomic mass is 10.2. The molecule has 3 rings (SSSR count). The van der Waals surface area contributed by atoms with Gasteiger partial charge in [-0.15, -0.1) is 10.2 Å². The highest BCUT2D eigenvalue weighted by atomic mass is 35.5. The lowest BCUT2D eigenvalue weighted by Gasteiger charge is -2.10. The third-order valence-electron chi connectivity index (χ3n) is 3.81. The van der Waals surface area contributed by atoms with Crippen molar-refractivity contribution >= 4 is 46.6 Å². The molecule has 0 bridgehead atoms. The van der Waals surface area contributed by atoms with Crippen LogP contribution in [-0.4, -0.2) is 40.1 Å². The third kappa shape index (κ3) is 5.26. The van der Waals surface area contributed by atoms with Gasteiger partial charge in [-0.2, -0.15) is 0 Å². The summed E-state index contributed by atoms with van der Waals surface area (Å²) in [6.45, 7) is 1.10. The van der Waals surface area contributed by atoms with Gasteiger partial charge >= 0.3 is 0 Å². The van der Waals surface area contributed by atoms with Gasteiger partial charge in [-0.05, 0) is 18.2 Å². The van der Waals surface area contributed by atoms with E-state index in [4.69, 9.17) is 27.9 Å². The van der Waals surface area contributed by atoms with E-state index in [1.807, 2.05) is 34.9 Å². The number of rotatable bonds is 8. The number of hydrogen-bond donors (Lipinski definition) is 1. The minimum absolute atomic E-state index is 0.166. The van der Waals surface area contributed by atoms with E-state index >= 15 is 0 Å². The maximum absolute atomic E-state index is 12.3. The molecule has 0 unspecified atom stereocenters. The summed E-state index contributed by atoms with van der Waals surface area (Å²) in [6.07, 6.45) is 0. The van der Waals surface area contributed by atoms with Crippen LogP contribution in [0.25, 0.3) is 11.4 Å². The molecule has 1 heterocycles. The molecule has 1 N–H and O–H groups in total. The van der Waals surface area contributed by atoms with Crippen molar-refractivity contribution < 1.29 is 9.53 Å². The lowest BCUT2D eigenvalue weighted by Crippen LogP contribution is -2.15. The molecular weight excluding hydrogens is 419 g/mol. The molecule has 0 aliphatic heterocycles. The zero-order chi connectivity index (χ0) is 19.9. The zero-order valence-corrected chi connectivity index (χ0v) is 17.4. The fourth-order valence-corrected chi connectivity index (χ4v) is 3.71. The van der Waals surface area contributed by atoms with E-state index in [9.17, 15) is 4.79 Å². The van der Waals surface area contributed by atoms with Crippen molar-refractivity contribution in [3.05, 3.63) is 58.6 Å². The number of amides is 1. The summed E-state index contributed by atoms with van der Waals surface area (Å²) in [5.41, 5.74) is 1.47. The Balaban J connectivity index is 1.71. The summed E-state index contributed by atoms with van der Waals surface area (Å²) in [7, 11) is 1.64. The van der Waals surface area contributed by atoms with E-state index in [-0.39, 0.29) is 11.7 Å². The fourth-order valence-electron chi connectivity index (χ4n) is 2.49. The normalized spacial score (nSPS) is 10.8. The molecule has 1 aromatic heterocycles. The largest absolute Gasteiger partial charge is 0.383 e. The number of hydrogen-bond acceptors (Lipinski definition) is 5. The minimum atomic E-state index is -0.197. The summed E-state index contributed by atoms with van der Waals surface area (Å²) in [6, 6.07) is 14.7. The predicted octanol–water partition coefficient (Wildman–Crippen LogP) is 4.63. The van der Waals surface area contributed by atoms with E-state index in [2.05, 4.69) is 15.5 Å². The van der Waals surface area contributed by atoms with Gasteiger partial charge in [0.2, 0.25) is 5.91 Å². The highest BCUT2D eigenvalue weighted by Gasteiger charge is 2.16. The monoisotopic (exact) mass is 436 g/mol. The number of carbonyl (C=O) groups excluding carboxylic acids is 1. The standard InChI is InChI=1S/C19H18Cl2N4O2S/c1-27-10-9-25-18(13-5-3-2-4-6-13)23-24-19(25)28-12-17(26)22-16-8-7-14(20)11-15(16)21/h2-8,11H,9-10,12H2,1H3,(H,22,26). The molecule has 0 radical (unpaired) electrons. The van der Waals surface area contributed by atoms with E-state index in [0.717, 1.165) is 11.4 Å². The molecule has 0 saturated carbocycles. The minimum Gasteiger partial charge on any atom is -0.383 e. The maximum Gasteiger partial charge on any atom is 0.234 e. The Morgan fingerprint density at radius 2 is 1.96 bits per heavy atom. The smallest absolute Gasteiger partial charge is 0.234 e. The molecule has 0 fully saturated rings. The second kappa shape index (κ2) is 9.93. The maximum atomic E-state index is 12.3. The molecule has 146 valence electrons. The molecule has 0 spiro atoms. The number of benzene rings is 2. The summed E-state index contributed by atoms with van der Waals surface area (Å²) < 4.78 is 7.15. The van der Waals surface area contributed by atoms with Gasteiger partial charge in [0.1, 0.15) is 0 Å². The first-order chi connectivity index (χ1) is 13.6. The summed E-state index contributed by atoms with van der Waals surface area (Å²) in [4.78, 5) is 12.3. The molecule has 2 aromatic carbocycles. The molecule has 9 heteroatoms. The van der Waals surface area contributed by atoms with Crippen molar-refractivity contribution in [1.29, 1.82) is 0 Å². The SMILES string of the molecule is COCCn1c(SCC(=O)Nc2ccc(Cl)cc2Cl)nnc1-c1ccccc1. The Labute approximate surface area is 177 Å². The van der Waals surface area contributed by atoms with Gasteiger partial charge < -0.3 is 10.1 Å². The van der Waals surface area contributed by atoms with Gasteiger partial charge in [-0.3, -0.25) is 9.36 Å². The quantitative estimate of drug-likeness (QED) is 0.521. The van der Waals surface area contributed by atoms with Crippen molar-refractivity contribution in [1.82, 2.24) is 14.8 Å². The Hall–Kier alpha value is -2.06. The van der Waals surface area contributed by atoms with Gasteiger partial charge in [0.25, 0.3) is 0 Å². The Bertz CT molecular complexity index is 950. The lowest BCUT2D eigenvalue weighted by molar-refractivity contribution is -0.113. The van der Waals surface area contributed by atoms with Crippen LogP contribution in [0.4, 0.5) is 5.69 Å². The number of ether oxygens (including phenoxy) is 1. The second-order valence-corrected chi connectivity index (χ2v) is 7.56. The number of halogens is 2. The third-order valence-corrected chi connectivity index (χ3v) is 5.32. The van der Waals surface area contributed by atoms with Gasteiger partial charge in [0.05, 0.1) is 29.6 Å². The van der Waals surface area contributed by atoms with E-state index in [1.165, 1.54) is 11.8 Å². The number of thioether (sulfide) groups is 1. The first-order valence-corrected chi connectivity index (χ1v) is 10.2. The van der Waals surface area contributed by atoms with Crippen LogP contribution in [0.3, 0.4) is 0 Å². The van der Waals surface area contributed by atoms with Crippen molar-refractivity contribution in [2.75, 3.05) is 24.8 Å². The van der Waals surface area contributed by atoms with Crippen LogP contribution < -0.4 is 5.32 Å². The second-order valence-electron chi connectivity index (χ2n) is 5.78. The summed E-state index contributed by atoms with van der Waals surface area (Å²) in [5, 5.41) is 12.9. The predicted molar refractivity (Wildman–Crippen MR) is 113 cm³/mol. The molecule has 0 atom stereocenters. The average Bonchev–Trinajstić information content (AvgIpc) is 3.10. The average molecular weight is 437 g/mol. The summed E-state index contributed by atoms with van der Waals surface area (Å²) >= 11 is 13.3. The van der Waals surface area contributed by atoms with E-state index < -0.39 is 0 Å². The van der Waals surface area contributed by atoms with Crippen molar-refractivity contribution in [3.8, 4) is 11.4 Å². The van der Waals surface area contributed by atoms with Crippen molar-refractivity contribution in [3.63, 3.8) is 0 Å². The topological polar surface area (TPSA) is 69.0 Å². The van der Waals surface area contributed by atoms with Crippen LogP contribution in [0.15, 0.2) is 53.7 Å². The van der Waals surface area contributed by atoms with Crippen molar-refractivity contribution in [2.24, 2.45) is 0 Å². The number of anilines is 1. The molecule has 0 saturated heterocycles. The molecule has 3 aromatic rings. The Kier molecular flexibility index (Phi) is 7.33. The van der Waals surface area contributed by atoms with Crippen LogP contribution in [0.2, 0.25) is 10.0 Å². The first-order valence-electron chi connectivity index (χ1n) is 8.43. The van der Waals surface area contributed by atoms with Crippen LogP contribution in [-0.2, 0) is 16.1 Å². The molecule has 0 aliphatic rings. The van der Waals surface area contributed by atoms with Crippen LogP contribution in [0, 0.1) is 0 Å². The highest BCUT2D eigenvalue weighted by molar-refractivity contribution is 7.99. The van der Waals surface area contributed by atoms with Crippen LogP contribution in [0.1, 0.15) is 0 Å². The van der Waals surface area contributed by atoms with Crippen LogP contribution in [0.5, 0.6) is 0 Å². The molecule has 0 aliphatic carbocycles. The number of nitrogens with one attached hydrogen (secondary N) is 1. The zero-order valence-electron chi connectivity index (χ0n) is 15.1. The van der Waals surface area contributed by atoms with E-state index in [1.54, 1.807) is 25.3 Å². The fraction of sp³-hybridized carbons (Fsp3) is 0.211. The molecular formula is C19H18Cl2N4O2S. The van der Waals surface area contributed by atoms with Crippen LogP contribution >= 0.6 is 35.0 Å². The van der Waals surface area contributed by atoms with E-state index in [0.29, 0.717) is 34.0 Å². The van der Waals surface area contributed by atoms with Gasteiger partial charge in [0, 0.05) is 17.7 Å². The number of carbonyl (C=O) groups is 1. The Morgan fingerprint density at radius 3 is 2.68 bits per heavy atom. The highest BCUT2D eigenvalue weighted by Crippen LogP contribution is 2.27. The summed E-state index contributed by atoms with van der Waals surface area (Å²) in [5.74, 6) is 0.705. The molecule has 28 heavy (non-hydrogen) atoms. The number of nitrogens with zero attached hydrogens (tertiary/aromatic N) is 3. The van der Waals surface area contributed by atoms with Gasteiger partial charge in [-0.1, -0.05) is 65.3 Å². The van der Waals surface area contributed by atoms with Crippen molar-refractivity contribution in [2.45, 2.75) is 11.7 Å². The molecule has 6 nitrogen and oxygen atoms in total. The Morgan fingerprint density at radius 1 is 1.18 bits per heavy atom. The molecule has 1 amide bonds.